The van der Waals surface area contributed by atoms with E-state index in [1.807, 2.05) is 0 Å². The fourth-order valence-corrected chi connectivity index (χ4v) is 1.32. The number of benzene rings is 1. The van der Waals surface area contributed by atoms with Crippen molar-refractivity contribution in [2.75, 3.05) is 0 Å². The third kappa shape index (κ3) is 2.25. The van der Waals surface area contributed by atoms with E-state index in [1.54, 1.807) is 0 Å². The lowest BCUT2D eigenvalue weighted by atomic mass is 10.1. The highest BCUT2D eigenvalue weighted by molar-refractivity contribution is 5.89. The number of halogens is 2. The molecule has 0 aliphatic carbocycles. The normalized spacial score (nSPS) is 10.2. The maximum Gasteiger partial charge on any atom is 0.286 e. The van der Waals surface area contributed by atoms with Crippen LogP contribution in [-0.2, 0) is 0 Å². The zero-order valence-electron chi connectivity index (χ0n) is 8.52. The zero-order valence-corrected chi connectivity index (χ0v) is 8.52. The maximum absolute atomic E-state index is 13.5. The third-order valence-corrected chi connectivity index (χ3v) is 2.08. The van der Waals surface area contributed by atoms with Crippen molar-refractivity contribution in [2.45, 2.75) is 0 Å². The number of carbonyl (C=O) groups is 1. The fourth-order valence-electron chi connectivity index (χ4n) is 1.32. The number of amides is 1. The minimum atomic E-state index is -0.811. The molecule has 17 heavy (non-hydrogen) atoms. The molecule has 1 amide bonds. The first-order valence-electron chi connectivity index (χ1n) is 4.66. The molecule has 0 aliphatic rings. The molecule has 6 heteroatoms. The monoisotopic (exact) mass is 235 g/mol. The van der Waals surface area contributed by atoms with Crippen LogP contribution in [0.3, 0.4) is 0 Å². The third-order valence-electron chi connectivity index (χ3n) is 2.08. The van der Waals surface area contributed by atoms with E-state index < -0.39 is 17.5 Å². The molecule has 4 nitrogen and oxygen atoms in total. The quantitative estimate of drug-likeness (QED) is 0.857. The molecule has 0 aliphatic heterocycles. The van der Waals surface area contributed by atoms with E-state index in [4.69, 9.17) is 5.73 Å². The van der Waals surface area contributed by atoms with E-state index >= 15 is 0 Å². The number of nitrogens with zero attached hydrogens (tertiary/aromatic N) is 2. The second-order valence-corrected chi connectivity index (χ2v) is 3.25. The van der Waals surface area contributed by atoms with Crippen LogP contribution in [0.25, 0.3) is 11.3 Å². The van der Waals surface area contributed by atoms with Gasteiger partial charge in [-0.2, -0.15) is 0 Å². The average Bonchev–Trinajstić information content (AvgIpc) is 2.29. The molecule has 1 aromatic heterocycles. The molecule has 2 N–H and O–H groups in total. The number of aromatic nitrogens is 2. The van der Waals surface area contributed by atoms with Crippen LogP contribution >= 0.6 is 0 Å². The number of nitrogens with two attached hydrogens (primary N) is 1. The van der Waals surface area contributed by atoms with E-state index in [-0.39, 0.29) is 17.1 Å². The molecule has 0 saturated carbocycles. The summed E-state index contributed by atoms with van der Waals surface area (Å²) >= 11 is 0. The number of rotatable bonds is 2. The van der Waals surface area contributed by atoms with Crippen molar-refractivity contribution in [2.24, 2.45) is 5.73 Å². The first-order chi connectivity index (χ1) is 8.08. The Morgan fingerprint density at radius 2 is 2.00 bits per heavy atom. The Labute approximate surface area is 95.1 Å². The Hall–Kier alpha value is -2.37. The molecular formula is C11H7F2N3O. The summed E-state index contributed by atoms with van der Waals surface area (Å²) in [6.07, 6.45) is 1.28. The van der Waals surface area contributed by atoms with Crippen LogP contribution in [0.5, 0.6) is 0 Å². The largest absolute Gasteiger partial charge is 0.363 e. The number of primary amides is 1. The van der Waals surface area contributed by atoms with Crippen molar-refractivity contribution in [3.63, 3.8) is 0 Å². The Bertz CT molecular complexity index is 587. The van der Waals surface area contributed by atoms with Gasteiger partial charge >= 0.3 is 0 Å². The van der Waals surface area contributed by atoms with Gasteiger partial charge in [0.05, 0.1) is 5.69 Å². The Balaban J connectivity index is 2.53. The lowest BCUT2D eigenvalue weighted by Crippen LogP contribution is -2.15. The van der Waals surface area contributed by atoms with Gasteiger partial charge in [-0.3, -0.25) is 4.79 Å². The molecule has 0 spiro atoms. The molecule has 0 bridgehead atoms. The molecule has 0 unspecified atom stereocenters. The molecule has 2 aromatic rings. The van der Waals surface area contributed by atoms with Crippen molar-refractivity contribution in [1.82, 2.24) is 9.97 Å². The van der Waals surface area contributed by atoms with Crippen LogP contribution in [0.2, 0.25) is 0 Å². The highest BCUT2D eigenvalue weighted by Gasteiger charge is 2.10. The van der Waals surface area contributed by atoms with Crippen LogP contribution in [0.1, 0.15) is 10.6 Å². The van der Waals surface area contributed by atoms with Gasteiger partial charge in [-0.15, -0.1) is 0 Å². The van der Waals surface area contributed by atoms with Crippen LogP contribution in [0.4, 0.5) is 8.78 Å². The Morgan fingerprint density at radius 3 is 2.65 bits per heavy atom. The number of hydrogen-bond donors (Lipinski definition) is 1. The topological polar surface area (TPSA) is 68.9 Å². The van der Waals surface area contributed by atoms with E-state index in [2.05, 4.69) is 9.97 Å². The average molecular weight is 235 g/mol. The second-order valence-electron chi connectivity index (χ2n) is 3.25. The maximum atomic E-state index is 13.5. The minimum Gasteiger partial charge on any atom is -0.363 e. The minimum absolute atomic E-state index is 0.0799. The van der Waals surface area contributed by atoms with Crippen LogP contribution in [0.15, 0.2) is 30.5 Å². The molecule has 0 atom stereocenters. The van der Waals surface area contributed by atoms with E-state index in [9.17, 15) is 13.6 Å². The molecule has 2 rings (SSSR count). The standard InChI is InChI=1S/C11H7F2N3O/c12-6-1-2-7(8(13)5-6)9-3-4-15-11(16-9)10(14)17/h1-5H,(H2,14,17). The van der Waals surface area contributed by atoms with Gasteiger partial charge < -0.3 is 5.73 Å². The van der Waals surface area contributed by atoms with Crippen molar-refractivity contribution in [3.05, 3.63) is 47.9 Å². The number of carbonyl (C=O) groups excluding carboxylic acids is 1. The Morgan fingerprint density at radius 1 is 1.24 bits per heavy atom. The second kappa shape index (κ2) is 4.25. The highest BCUT2D eigenvalue weighted by Crippen LogP contribution is 2.21. The molecular weight excluding hydrogens is 228 g/mol. The molecule has 0 radical (unpaired) electrons. The summed E-state index contributed by atoms with van der Waals surface area (Å²) in [7, 11) is 0. The van der Waals surface area contributed by atoms with Gasteiger partial charge in [-0.1, -0.05) is 0 Å². The fraction of sp³-hybridized carbons (Fsp3) is 0. The first-order valence-corrected chi connectivity index (χ1v) is 4.66. The van der Waals surface area contributed by atoms with Gasteiger partial charge in [0, 0.05) is 17.8 Å². The van der Waals surface area contributed by atoms with Gasteiger partial charge in [0.25, 0.3) is 5.91 Å². The van der Waals surface area contributed by atoms with Crippen LogP contribution < -0.4 is 5.73 Å². The molecule has 0 saturated heterocycles. The summed E-state index contributed by atoms with van der Waals surface area (Å²) < 4.78 is 26.2. The molecule has 1 heterocycles. The van der Waals surface area contributed by atoms with Gasteiger partial charge in [-0.25, -0.2) is 18.7 Å². The zero-order chi connectivity index (χ0) is 12.4. The van der Waals surface area contributed by atoms with Gasteiger partial charge in [0.1, 0.15) is 11.6 Å². The van der Waals surface area contributed by atoms with Crippen molar-refractivity contribution >= 4 is 5.91 Å². The SMILES string of the molecule is NC(=O)c1nccc(-c2ccc(F)cc2F)n1. The van der Waals surface area contributed by atoms with Crippen molar-refractivity contribution in [1.29, 1.82) is 0 Å². The summed E-state index contributed by atoms with van der Waals surface area (Å²) in [5.74, 6) is -2.48. The predicted molar refractivity (Wildman–Crippen MR) is 55.9 cm³/mol. The Kier molecular flexibility index (Phi) is 2.78. The van der Waals surface area contributed by atoms with Crippen LogP contribution in [-0.4, -0.2) is 15.9 Å². The summed E-state index contributed by atoms with van der Waals surface area (Å²) in [4.78, 5) is 18.3. The highest BCUT2D eigenvalue weighted by atomic mass is 19.1. The lowest BCUT2D eigenvalue weighted by molar-refractivity contribution is 0.0990. The molecule has 86 valence electrons. The summed E-state index contributed by atoms with van der Waals surface area (Å²) in [5.41, 5.74) is 5.26. The lowest BCUT2D eigenvalue weighted by Gasteiger charge is -2.03. The van der Waals surface area contributed by atoms with E-state index in [1.165, 1.54) is 18.3 Å². The summed E-state index contributed by atoms with van der Waals surface area (Å²) in [5, 5.41) is 0. The van der Waals surface area contributed by atoms with Crippen LogP contribution in [0, 0.1) is 11.6 Å². The van der Waals surface area contributed by atoms with Gasteiger partial charge in [-0.05, 0) is 18.2 Å². The summed E-state index contributed by atoms with van der Waals surface area (Å²) in [6.45, 7) is 0. The number of hydrogen-bond acceptors (Lipinski definition) is 3. The molecule has 0 fully saturated rings. The van der Waals surface area contributed by atoms with E-state index in [0.29, 0.717) is 0 Å². The van der Waals surface area contributed by atoms with Crippen molar-refractivity contribution in [3.8, 4) is 11.3 Å². The smallest absolute Gasteiger partial charge is 0.286 e. The molecule has 1 aromatic carbocycles. The van der Waals surface area contributed by atoms with Gasteiger partial charge in [0.2, 0.25) is 5.82 Å². The van der Waals surface area contributed by atoms with Crippen molar-refractivity contribution < 1.29 is 13.6 Å². The predicted octanol–water partition coefficient (Wildman–Crippen LogP) is 1.52. The van der Waals surface area contributed by atoms with Gasteiger partial charge in [0.15, 0.2) is 0 Å². The first kappa shape index (κ1) is 11.1. The van der Waals surface area contributed by atoms with E-state index in [0.717, 1.165) is 12.1 Å². The summed E-state index contributed by atoms with van der Waals surface area (Å²) in [6, 6.07) is 4.48.